The fourth-order valence-electron chi connectivity index (χ4n) is 1.76. The molecule has 0 bridgehead atoms. The summed E-state index contributed by atoms with van der Waals surface area (Å²) in [5.41, 5.74) is 1.31. The molecule has 0 aliphatic heterocycles. The summed E-state index contributed by atoms with van der Waals surface area (Å²) in [7, 11) is 0. The molecular weight excluding hydrogens is 230 g/mol. The number of hydrogen-bond donors (Lipinski definition) is 1. The smallest absolute Gasteiger partial charge is 0.0583 e. The van der Waals surface area contributed by atoms with Gasteiger partial charge in [0.05, 0.1) is 11.7 Å². The van der Waals surface area contributed by atoms with Crippen LogP contribution in [-0.2, 0) is 6.54 Å². The van der Waals surface area contributed by atoms with E-state index in [1.807, 2.05) is 18.0 Å². The Hall–Kier alpha value is -0.480. The fraction of sp³-hybridized carbons (Fsp3) is 0.769. The molecule has 1 atom stereocenters. The van der Waals surface area contributed by atoms with Crippen molar-refractivity contribution in [1.82, 2.24) is 15.1 Å². The minimum Gasteiger partial charge on any atom is -0.308 e. The highest BCUT2D eigenvalue weighted by atomic mass is 32.2. The second-order valence-corrected chi connectivity index (χ2v) is 6.07. The molecule has 0 amide bonds. The molecular formula is C13H25N3S. The fourth-order valence-corrected chi connectivity index (χ4v) is 2.63. The van der Waals surface area contributed by atoms with Gasteiger partial charge in [0, 0.05) is 18.5 Å². The van der Waals surface area contributed by atoms with Gasteiger partial charge in [-0.3, -0.25) is 4.68 Å². The lowest BCUT2D eigenvalue weighted by molar-refractivity contribution is 0.514. The van der Waals surface area contributed by atoms with Crippen molar-refractivity contribution in [3.8, 4) is 0 Å². The maximum absolute atomic E-state index is 4.36. The molecule has 0 aromatic carbocycles. The van der Waals surface area contributed by atoms with E-state index >= 15 is 0 Å². The summed E-state index contributed by atoms with van der Waals surface area (Å²) in [6.07, 6.45) is 3.07. The van der Waals surface area contributed by atoms with Crippen molar-refractivity contribution in [3.05, 3.63) is 18.0 Å². The van der Waals surface area contributed by atoms with Crippen LogP contribution in [0.5, 0.6) is 0 Å². The van der Waals surface area contributed by atoms with E-state index in [9.17, 15) is 0 Å². The van der Waals surface area contributed by atoms with E-state index in [-0.39, 0.29) is 0 Å². The van der Waals surface area contributed by atoms with Gasteiger partial charge in [-0.25, -0.2) is 0 Å². The van der Waals surface area contributed by atoms with Crippen molar-refractivity contribution in [1.29, 1.82) is 0 Å². The molecule has 1 N–H and O–H groups in total. The van der Waals surface area contributed by atoms with Crippen LogP contribution in [0.2, 0.25) is 0 Å². The Labute approximate surface area is 109 Å². The zero-order chi connectivity index (χ0) is 12.7. The van der Waals surface area contributed by atoms with Crippen molar-refractivity contribution in [3.63, 3.8) is 0 Å². The summed E-state index contributed by atoms with van der Waals surface area (Å²) in [6, 6.07) is 2.56. The highest BCUT2D eigenvalue weighted by Gasteiger charge is 2.15. The zero-order valence-electron chi connectivity index (χ0n) is 11.4. The largest absolute Gasteiger partial charge is 0.308 e. The molecule has 0 saturated carbocycles. The van der Waals surface area contributed by atoms with Gasteiger partial charge in [0.15, 0.2) is 0 Å². The third-order valence-corrected chi connectivity index (χ3v) is 3.84. The number of aromatic nitrogens is 2. The third-order valence-electron chi connectivity index (χ3n) is 2.64. The quantitative estimate of drug-likeness (QED) is 0.774. The molecule has 0 fully saturated rings. The lowest BCUT2D eigenvalue weighted by atomic mass is 10.2. The van der Waals surface area contributed by atoms with Crippen molar-refractivity contribution in [2.75, 3.05) is 12.3 Å². The Morgan fingerprint density at radius 2 is 2.18 bits per heavy atom. The molecule has 0 radical (unpaired) electrons. The molecule has 0 aliphatic carbocycles. The van der Waals surface area contributed by atoms with Crippen LogP contribution in [0.1, 0.15) is 45.9 Å². The van der Waals surface area contributed by atoms with Crippen molar-refractivity contribution in [2.45, 2.75) is 52.0 Å². The van der Waals surface area contributed by atoms with Gasteiger partial charge in [0.25, 0.3) is 0 Å². The van der Waals surface area contributed by atoms with E-state index in [1.54, 1.807) is 0 Å². The van der Waals surface area contributed by atoms with Gasteiger partial charge in [0.1, 0.15) is 0 Å². The minimum absolute atomic E-state index is 0.421. The third kappa shape index (κ3) is 4.72. The molecule has 1 aromatic heterocycles. The summed E-state index contributed by atoms with van der Waals surface area (Å²) in [5, 5.41) is 8.66. The molecule has 98 valence electrons. The molecule has 0 aliphatic rings. The Morgan fingerprint density at radius 3 is 2.76 bits per heavy atom. The van der Waals surface area contributed by atoms with Crippen molar-refractivity contribution >= 4 is 11.8 Å². The van der Waals surface area contributed by atoms with Gasteiger partial charge < -0.3 is 5.32 Å². The molecule has 17 heavy (non-hydrogen) atoms. The van der Waals surface area contributed by atoms with E-state index in [2.05, 4.69) is 48.9 Å². The first kappa shape index (κ1) is 14.6. The average Bonchev–Trinajstić information content (AvgIpc) is 2.77. The first-order chi connectivity index (χ1) is 8.19. The second-order valence-electron chi connectivity index (χ2n) is 4.46. The summed E-state index contributed by atoms with van der Waals surface area (Å²) in [4.78, 5) is 0. The monoisotopic (exact) mass is 255 g/mol. The predicted octanol–water partition coefficient (Wildman–Crippen LogP) is 3.09. The van der Waals surface area contributed by atoms with E-state index in [0.29, 0.717) is 11.3 Å². The number of hydrogen-bond acceptors (Lipinski definition) is 3. The maximum atomic E-state index is 4.36. The van der Waals surface area contributed by atoms with Gasteiger partial charge in [-0.15, -0.1) is 0 Å². The van der Waals surface area contributed by atoms with E-state index in [1.165, 1.54) is 12.1 Å². The van der Waals surface area contributed by atoms with E-state index in [4.69, 9.17) is 0 Å². The van der Waals surface area contributed by atoms with Crippen molar-refractivity contribution in [2.24, 2.45) is 0 Å². The van der Waals surface area contributed by atoms with Gasteiger partial charge in [-0.1, -0.05) is 20.8 Å². The molecule has 1 heterocycles. The number of nitrogens with one attached hydrogen (secondary N) is 1. The highest BCUT2D eigenvalue weighted by Crippen LogP contribution is 2.21. The van der Waals surface area contributed by atoms with Crippen LogP contribution in [0.3, 0.4) is 0 Å². The SMILES string of the molecule is CCCNC(CSC(C)C)c1ccnn1CC. The molecule has 3 nitrogen and oxygen atoms in total. The van der Waals surface area contributed by atoms with Crippen LogP contribution >= 0.6 is 11.8 Å². The van der Waals surface area contributed by atoms with Crippen LogP contribution in [0, 0.1) is 0 Å². The normalized spacial score (nSPS) is 13.2. The topological polar surface area (TPSA) is 29.9 Å². The number of rotatable bonds is 8. The van der Waals surface area contributed by atoms with Gasteiger partial charge >= 0.3 is 0 Å². The van der Waals surface area contributed by atoms with Crippen LogP contribution in [0.25, 0.3) is 0 Å². The number of nitrogens with zero attached hydrogens (tertiary/aromatic N) is 2. The zero-order valence-corrected chi connectivity index (χ0v) is 12.3. The van der Waals surface area contributed by atoms with Gasteiger partial charge in [-0.2, -0.15) is 16.9 Å². The predicted molar refractivity (Wildman–Crippen MR) is 76.5 cm³/mol. The minimum atomic E-state index is 0.421. The summed E-state index contributed by atoms with van der Waals surface area (Å²) in [5.74, 6) is 1.11. The summed E-state index contributed by atoms with van der Waals surface area (Å²) in [6.45, 7) is 10.9. The lowest BCUT2D eigenvalue weighted by Gasteiger charge is -2.20. The van der Waals surface area contributed by atoms with Crippen LogP contribution < -0.4 is 5.32 Å². The van der Waals surface area contributed by atoms with E-state index < -0.39 is 0 Å². The highest BCUT2D eigenvalue weighted by molar-refractivity contribution is 7.99. The van der Waals surface area contributed by atoms with Gasteiger partial charge in [-0.05, 0) is 31.2 Å². The van der Waals surface area contributed by atoms with Crippen LogP contribution in [0.15, 0.2) is 12.3 Å². The Bertz CT molecular complexity index is 309. The molecule has 4 heteroatoms. The average molecular weight is 255 g/mol. The van der Waals surface area contributed by atoms with Crippen LogP contribution in [0.4, 0.5) is 0 Å². The van der Waals surface area contributed by atoms with Crippen LogP contribution in [-0.4, -0.2) is 27.3 Å². The summed E-state index contributed by atoms with van der Waals surface area (Å²) < 4.78 is 2.09. The molecule has 1 aromatic rings. The molecule has 1 unspecified atom stereocenters. The number of aryl methyl sites for hydroxylation is 1. The number of thioether (sulfide) groups is 1. The van der Waals surface area contributed by atoms with E-state index in [0.717, 1.165) is 18.8 Å². The summed E-state index contributed by atoms with van der Waals surface area (Å²) >= 11 is 2.00. The Kier molecular flexibility index (Phi) is 6.66. The van der Waals surface area contributed by atoms with Gasteiger partial charge in [0.2, 0.25) is 0 Å². The Balaban J connectivity index is 2.67. The molecule has 0 spiro atoms. The first-order valence-corrected chi connectivity index (χ1v) is 7.60. The Morgan fingerprint density at radius 1 is 1.41 bits per heavy atom. The molecule has 1 rings (SSSR count). The lowest BCUT2D eigenvalue weighted by Crippen LogP contribution is -2.27. The standard InChI is InChI=1S/C13H25N3S/c1-5-8-14-12(10-17-11(3)4)13-7-9-15-16(13)6-2/h7,9,11-12,14H,5-6,8,10H2,1-4H3. The maximum Gasteiger partial charge on any atom is 0.0583 e. The second kappa shape index (κ2) is 7.77. The van der Waals surface area contributed by atoms with Crippen molar-refractivity contribution < 1.29 is 0 Å². The molecule has 0 saturated heterocycles. The first-order valence-electron chi connectivity index (χ1n) is 6.55.